The van der Waals surface area contributed by atoms with E-state index in [0.717, 1.165) is 7.11 Å². The highest BCUT2D eigenvalue weighted by atomic mass is 19.3. The molecule has 1 rings (SSSR count). The molecule has 0 amide bonds. The van der Waals surface area contributed by atoms with E-state index in [1.807, 2.05) is 0 Å². The number of alkyl halides is 2. The van der Waals surface area contributed by atoms with Gasteiger partial charge in [-0.3, -0.25) is 0 Å². The second-order valence-corrected chi connectivity index (χ2v) is 2.52. The number of aromatic carboxylic acids is 1. The number of halogens is 3. The summed E-state index contributed by atoms with van der Waals surface area (Å²) in [4.78, 5) is 13.7. The minimum Gasteiger partial charge on any atom is -0.481 e. The minimum atomic E-state index is -3.12. The molecule has 0 aliphatic carbocycles. The summed E-state index contributed by atoms with van der Waals surface area (Å²) in [5, 5.41) is 8.49. The molecular weight excluding hydrogens is 215 g/mol. The fourth-order valence-electron chi connectivity index (χ4n) is 0.965. The predicted molar refractivity (Wildman–Crippen MR) is 42.7 cm³/mol. The summed E-state index contributed by atoms with van der Waals surface area (Å²) in [5.41, 5.74) is -1.73. The zero-order valence-electron chi connectivity index (χ0n) is 7.50. The SMILES string of the molecule is COc1nc(C(=O)O)cc(F)c1C(F)F. The molecule has 0 unspecified atom stereocenters. The van der Waals surface area contributed by atoms with Crippen molar-refractivity contribution in [3.8, 4) is 5.88 Å². The summed E-state index contributed by atoms with van der Waals surface area (Å²) < 4.78 is 42.0. The third-order valence-electron chi connectivity index (χ3n) is 1.60. The maximum Gasteiger partial charge on any atom is 0.354 e. The summed E-state index contributed by atoms with van der Waals surface area (Å²) in [6, 6.07) is 0.423. The van der Waals surface area contributed by atoms with Crippen molar-refractivity contribution in [3.63, 3.8) is 0 Å². The smallest absolute Gasteiger partial charge is 0.354 e. The van der Waals surface area contributed by atoms with E-state index in [-0.39, 0.29) is 0 Å². The van der Waals surface area contributed by atoms with Gasteiger partial charge in [-0.25, -0.2) is 22.9 Å². The van der Waals surface area contributed by atoms with Crippen LogP contribution >= 0.6 is 0 Å². The minimum absolute atomic E-state index is 0.423. The highest BCUT2D eigenvalue weighted by Gasteiger charge is 2.23. The monoisotopic (exact) mass is 221 g/mol. The zero-order chi connectivity index (χ0) is 11.6. The molecule has 7 heteroatoms. The molecule has 82 valence electrons. The van der Waals surface area contributed by atoms with E-state index >= 15 is 0 Å². The van der Waals surface area contributed by atoms with Crippen molar-refractivity contribution in [2.24, 2.45) is 0 Å². The van der Waals surface area contributed by atoms with E-state index in [1.165, 1.54) is 0 Å². The van der Waals surface area contributed by atoms with E-state index in [9.17, 15) is 18.0 Å². The standard InChI is InChI=1S/C8H6F3NO3/c1-15-7-5(6(10)11)3(9)2-4(12-7)8(13)14/h2,6H,1H3,(H,13,14). The summed E-state index contributed by atoms with van der Waals surface area (Å²) in [5.74, 6) is -3.59. The Balaban J connectivity index is 3.37. The topological polar surface area (TPSA) is 59.4 Å². The summed E-state index contributed by atoms with van der Waals surface area (Å²) in [6.45, 7) is 0. The number of hydrogen-bond donors (Lipinski definition) is 1. The number of carbonyl (C=O) groups is 1. The van der Waals surface area contributed by atoms with Gasteiger partial charge in [0.2, 0.25) is 5.88 Å². The Labute approximate surface area is 82.3 Å². The van der Waals surface area contributed by atoms with Crippen LogP contribution < -0.4 is 4.74 Å². The van der Waals surface area contributed by atoms with Crippen molar-refractivity contribution in [2.45, 2.75) is 6.43 Å². The number of ether oxygens (including phenoxy) is 1. The van der Waals surface area contributed by atoms with Crippen molar-refractivity contribution in [1.29, 1.82) is 0 Å². The predicted octanol–water partition coefficient (Wildman–Crippen LogP) is 1.87. The van der Waals surface area contributed by atoms with Crippen LogP contribution in [-0.2, 0) is 0 Å². The first kappa shape index (κ1) is 11.3. The van der Waals surface area contributed by atoms with Gasteiger partial charge < -0.3 is 9.84 Å². The molecule has 0 saturated heterocycles. The molecule has 0 aromatic carbocycles. The quantitative estimate of drug-likeness (QED) is 0.846. The lowest BCUT2D eigenvalue weighted by Gasteiger charge is -2.08. The first-order chi connectivity index (χ1) is 6.97. The zero-order valence-corrected chi connectivity index (χ0v) is 7.50. The summed E-state index contributed by atoms with van der Waals surface area (Å²) in [6.07, 6.45) is -3.12. The van der Waals surface area contributed by atoms with Crippen LogP contribution in [0.15, 0.2) is 6.07 Å². The van der Waals surface area contributed by atoms with Crippen LogP contribution in [0.2, 0.25) is 0 Å². The molecule has 1 N–H and O–H groups in total. The Hall–Kier alpha value is -1.79. The maximum atomic E-state index is 13.0. The van der Waals surface area contributed by atoms with Gasteiger partial charge in [0.1, 0.15) is 11.4 Å². The number of aromatic nitrogens is 1. The van der Waals surface area contributed by atoms with Gasteiger partial charge in [0.05, 0.1) is 7.11 Å². The molecule has 0 fully saturated rings. The average molecular weight is 221 g/mol. The van der Waals surface area contributed by atoms with E-state index in [4.69, 9.17) is 5.11 Å². The first-order valence-electron chi connectivity index (χ1n) is 3.73. The number of pyridine rings is 1. The number of nitrogens with zero attached hydrogens (tertiary/aromatic N) is 1. The van der Waals surface area contributed by atoms with Crippen LogP contribution in [0.25, 0.3) is 0 Å². The van der Waals surface area contributed by atoms with E-state index in [2.05, 4.69) is 9.72 Å². The molecule has 0 bridgehead atoms. The van der Waals surface area contributed by atoms with Crippen molar-refractivity contribution < 1.29 is 27.8 Å². The van der Waals surface area contributed by atoms with Gasteiger partial charge in [0.15, 0.2) is 5.69 Å². The van der Waals surface area contributed by atoms with Gasteiger partial charge in [0.25, 0.3) is 6.43 Å². The van der Waals surface area contributed by atoms with Crippen LogP contribution in [0.4, 0.5) is 13.2 Å². The third kappa shape index (κ3) is 2.17. The van der Waals surface area contributed by atoms with Gasteiger partial charge in [0, 0.05) is 6.07 Å². The second kappa shape index (κ2) is 4.16. The van der Waals surface area contributed by atoms with Crippen LogP contribution in [0.5, 0.6) is 5.88 Å². The van der Waals surface area contributed by atoms with Crippen molar-refractivity contribution >= 4 is 5.97 Å². The van der Waals surface area contributed by atoms with Gasteiger partial charge in [-0.2, -0.15) is 0 Å². The molecule has 1 aromatic rings. The van der Waals surface area contributed by atoms with Crippen LogP contribution in [0.3, 0.4) is 0 Å². The molecule has 0 aliphatic heterocycles. The molecule has 0 saturated carbocycles. The van der Waals surface area contributed by atoms with Crippen LogP contribution in [-0.4, -0.2) is 23.2 Å². The molecule has 1 aromatic heterocycles. The molecule has 0 aliphatic rings. The van der Waals surface area contributed by atoms with Crippen molar-refractivity contribution in [1.82, 2.24) is 4.98 Å². The Morgan fingerprint density at radius 3 is 2.60 bits per heavy atom. The number of carboxylic acid groups (broad SMARTS) is 1. The highest BCUT2D eigenvalue weighted by molar-refractivity contribution is 5.85. The van der Waals surface area contributed by atoms with Gasteiger partial charge in [-0.1, -0.05) is 0 Å². The molecule has 0 atom stereocenters. The van der Waals surface area contributed by atoms with E-state index < -0.39 is 35.3 Å². The molecular formula is C8H6F3NO3. The average Bonchev–Trinajstić information content (AvgIpc) is 2.15. The Morgan fingerprint density at radius 1 is 1.60 bits per heavy atom. The van der Waals surface area contributed by atoms with Gasteiger partial charge in [-0.15, -0.1) is 0 Å². The summed E-state index contributed by atoms with van der Waals surface area (Å²) >= 11 is 0. The molecule has 4 nitrogen and oxygen atoms in total. The number of carboxylic acids is 1. The third-order valence-corrected chi connectivity index (χ3v) is 1.60. The van der Waals surface area contributed by atoms with E-state index in [1.54, 1.807) is 0 Å². The summed E-state index contributed by atoms with van der Waals surface area (Å²) in [7, 11) is 0.999. The molecule has 0 spiro atoms. The van der Waals surface area contributed by atoms with Gasteiger partial charge >= 0.3 is 5.97 Å². The second-order valence-electron chi connectivity index (χ2n) is 2.52. The Bertz CT molecular complexity index is 395. The lowest BCUT2D eigenvalue weighted by molar-refractivity contribution is 0.0687. The number of hydrogen-bond acceptors (Lipinski definition) is 3. The fraction of sp³-hybridized carbons (Fsp3) is 0.250. The lowest BCUT2D eigenvalue weighted by Crippen LogP contribution is -2.07. The van der Waals surface area contributed by atoms with E-state index in [0.29, 0.717) is 6.07 Å². The molecule has 0 radical (unpaired) electrons. The fourth-order valence-corrected chi connectivity index (χ4v) is 0.965. The Kier molecular flexibility index (Phi) is 3.13. The van der Waals surface area contributed by atoms with Crippen LogP contribution in [0.1, 0.15) is 22.5 Å². The molecule has 15 heavy (non-hydrogen) atoms. The number of methoxy groups -OCH3 is 1. The normalized spacial score (nSPS) is 10.5. The van der Waals surface area contributed by atoms with Gasteiger partial charge in [-0.05, 0) is 0 Å². The maximum absolute atomic E-state index is 13.0. The number of rotatable bonds is 3. The first-order valence-corrected chi connectivity index (χ1v) is 3.73. The largest absolute Gasteiger partial charge is 0.481 e. The van der Waals surface area contributed by atoms with Crippen molar-refractivity contribution in [2.75, 3.05) is 7.11 Å². The lowest BCUT2D eigenvalue weighted by atomic mass is 10.2. The van der Waals surface area contributed by atoms with Crippen LogP contribution in [0, 0.1) is 5.82 Å². The van der Waals surface area contributed by atoms with Crippen molar-refractivity contribution in [3.05, 3.63) is 23.1 Å². The highest BCUT2D eigenvalue weighted by Crippen LogP contribution is 2.30. The molecule has 1 heterocycles. The Morgan fingerprint density at radius 2 is 2.20 bits per heavy atom.